The Labute approximate surface area is 148 Å². The molecule has 25 heavy (non-hydrogen) atoms. The Bertz CT molecular complexity index is 723. The lowest BCUT2D eigenvalue weighted by molar-refractivity contribution is -0.159. The first-order chi connectivity index (χ1) is 11.6. The molecule has 0 spiro atoms. The van der Waals surface area contributed by atoms with Crippen LogP contribution in [0.3, 0.4) is 0 Å². The highest BCUT2D eigenvalue weighted by Crippen LogP contribution is 2.28. The number of hydrogen-bond acceptors (Lipinski definition) is 4. The molecule has 1 aromatic heterocycles. The van der Waals surface area contributed by atoms with Crippen molar-refractivity contribution in [1.29, 1.82) is 0 Å². The fraction of sp³-hybridized carbons (Fsp3) is 0.533. The van der Waals surface area contributed by atoms with Gasteiger partial charge in [0.05, 0.1) is 6.42 Å². The Morgan fingerprint density at radius 2 is 1.96 bits per heavy atom. The zero-order valence-corrected chi connectivity index (χ0v) is 15.1. The van der Waals surface area contributed by atoms with Crippen molar-refractivity contribution in [2.45, 2.75) is 29.6 Å². The zero-order valence-electron chi connectivity index (χ0n) is 13.5. The highest BCUT2D eigenvalue weighted by molar-refractivity contribution is 7.91. The molecule has 1 fully saturated rings. The van der Waals surface area contributed by atoms with Gasteiger partial charge < -0.3 is 4.90 Å². The summed E-state index contributed by atoms with van der Waals surface area (Å²) in [6.45, 7) is 2.71. The third-order valence-electron chi connectivity index (χ3n) is 3.69. The van der Waals surface area contributed by atoms with Crippen molar-refractivity contribution in [3.8, 4) is 0 Å². The topological polar surface area (TPSA) is 57.7 Å². The lowest BCUT2D eigenvalue weighted by Gasteiger charge is -2.22. The average Bonchev–Trinajstić information content (AvgIpc) is 3.17. The highest BCUT2D eigenvalue weighted by atomic mass is 32.2. The van der Waals surface area contributed by atoms with Crippen molar-refractivity contribution in [1.82, 2.24) is 9.21 Å². The second kappa shape index (κ2) is 7.88. The molecule has 0 aliphatic carbocycles. The lowest BCUT2D eigenvalue weighted by atomic mass is 10.3. The standard InChI is InChI=1S/C15H19F3N2O3S2/c1-2-7-19(11-15(16,17)18)13(21)10-12-5-6-14(24-12)25(22,23)20-8-3-4-9-20/h2,5-6H,1,3-4,7-11H2. The van der Waals surface area contributed by atoms with E-state index in [1.54, 1.807) is 0 Å². The smallest absolute Gasteiger partial charge is 0.330 e. The second-order valence-corrected chi connectivity index (χ2v) is 9.02. The normalized spacial score (nSPS) is 16.1. The van der Waals surface area contributed by atoms with E-state index in [9.17, 15) is 26.4 Å². The number of hydrogen-bond donors (Lipinski definition) is 0. The van der Waals surface area contributed by atoms with Crippen LogP contribution in [-0.2, 0) is 21.2 Å². The van der Waals surface area contributed by atoms with Crippen molar-refractivity contribution < 1.29 is 26.4 Å². The maximum absolute atomic E-state index is 12.6. The summed E-state index contributed by atoms with van der Waals surface area (Å²) in [6, 6.07) is 2.88. The van der Waals surface area contributed by atoms with Gasteiger partial charge >= 0.3 is 6.18 Å². The van der Waals surface area contributed by atoms with E-state index in [-0.39, 0.29) is 17.2 Å². The number of carbonyl (C=O) groups is 1. The van der Waals surface area contributed by atoms with Gasteiger partial charge in [-0.25, -0.2) is 8.42 Å². The molecule has 0 unspecified atom stereocenters. The van der Waals surface area contributed by atoms with Gasteiger partial charge in [0.1, 0.15) is 10.8 Å². The summed E-state index contributed by atoms with van der Waals surface area (Å²) in [5, 5.41) is 0. The van der Waals surface area contributed by atoms with Crippen molar-refractivity contribution in [2.24, 2.45) is 0 Å². The summed E-state index contributed by atoms with van der Waals surface area (Å²) in [5.74, 6) is -0.718. The number of nitrogens with zero attached hydrogens (tertiary/aromatic N) is 2. The molecule has 0 saturated carbocycles. The van der Waals surface area contributed by atoms with Crippen LogP contribution in [0.4, 0.5) is 13.2 Å². The van der Waals surface area contributed by atoms with Crippen molar-refractivity contribution in [3.05, 3.63) is 29.7 Å². The molecule has 0 radical (unpaired) electrons. The molecule has 1 amide bonds. The van der Waals surface area contributed by atoms with E-state index in [2.05, 4.69) is 6.58 Å². The van der Waals surface area contributed by atoms with E-state index in [4.69, 9.17) is 0 Å². The molecule has 5 nitrogen and oxygen atoms in total. The monoisotopic (exact) mass is 396 g/mol. The van der Waals surface area contributed by atoms with Crippen molar-refractivity contribution >= 4 is 27.3 Å². The van der Waals surface area contributed by atoms with E-state index in [0.29, 0.717) is 22.9 Å². The maximum Gasteiger partial charge on any atom is 0.406 e. The molecule has 0 N–H and O–H groups in total. The second-order valence-electron chi connectivity index (χ2n) is 5.69. The van der Waals surface area contributed by atoms with E-state index < -0.39 is 28.7 Å². The van der Waals surface area contributed by atoms with Crippen LogP contribution in [0.1, 0.15) is 17.7 Å². The van der Waals surface area contributed by atoms with Crippen molar-refractivity contribution in [3.63, 3.8) is 0 Å². The molecular weight excluding hydrogens is 377 g/mol. The minimum absolute atomic E-state index is 0.114. The molecular formula is C15H19F3N2O3S2. The van der Waals surface area contributed by atoms with E-state index >= 15 is 0 Å². The fourth-order valence-electron chi connectivity index (χ4n) is 2.54. The minimum Gasteiger partial charge on any atom is -0.330 e. The van der Waals surface area contributed by atoms with Gasteiger partial charge in [-0.1, -0.05) is 6.08 Å². The number of thiophene rings is 1. The Hall–Kier alpha value is -1.39. The van der Waals surface area contributed by atoms with Crippen LogP contribution in [0.2, 0.25) is 0 Å². The lowest BCUT2D eigenvalue weighted by Crippen LogP contribution is -2.39. The first kappa shape index (κ1) is 19.9. The number of rotatable bonds is 7. The van der Waals surface area contributed by atoms with Crippen LogP contribution < -0.4 is 0 Å². The summed E-state index contributed by atoms with van der Waals surface area (Å²) < 4.78 is 64.0. The molecule has 2 heterocycles. The van der Waals surface area contributed by atoms with Crippen LogP contribution >= 0.6 is 11.3 Å². The number of carbonyl (C=O) groups excluding carboxylic acids is 1. The maximum atomic E-state index is 12.6. The Kier molecular flexibility index (Phi) is 6.28. The van der Waals surface area contributed by atoms with Gasteiger partial charge in [0.25, 0.3) is 10.0 Å². The molecule has 1 saturated heterocycles. The molecule has 2 rings (SSSR count). The molecule has 1 aromatic rings. The van der Waals surface area contributed by atoms with Crippen LogP contribution in [-0.4, -0.2) is 55.9 Å². The van der Waals surface area contributed by atoms with Gasteiger partial charge in [-0.05, 0) is 25.0 Å². The van der Waals surface area contributed by atoms with Crippen LogP contribution in [0.25, 0.3) is 0 Å². The number of sulfonamides is 1. The first-order valence-electron chi connectivity index (χ1n) is 7.68. The SMILES string of the molecule is C=CCN(CC(F)(F)F)C(=O)Cc1ccc(S(=O)(=O)N2CCCC2)s1. The predicted molar refractivity (Wildman–Crippen MR) is 88.8 cm³/mol. The fourth-order valence-corrected chi connectivity index (χ4v) is 5.55. The molecule has 10 heteroatoms. The number of amides is 1. The van der Waals surface area contributed by atoms with E-state index in [0.717, 1.165) is 24.2 Å². The van der Waals surface area contributed by atoms with Gasteiger partial charge in [-0.3, -0.25) is 4.79 Å². The van der Waals surface area contributed by atoms with Gasteiger partial charge in [0.2, 0.25) is 5.91 Å². The highest BCUT2D eigenvalue weighted by Gasteiger charge is 2.33. The van der Waals surface area contributed by atoms with E-state index in [1.807, 2.05) is 0 Å². The van der Waals surface area contributed by atoms with Gasteiger partial charge in [-0.15, -0.1) is 17.9 Å². The Morgan fingerprint density at radius 3 is 2.52 bits per heavy atom. The Morgan fingerprint density at radius 1 is 1.32 bits per heavy atom. The van der Waals surface area contributed by atoms with Gasteiger partial charge in [0, 0.05) is 24.5 Å². The number of alkyl halides is 3. The minimum atomic E-state index is -4.50. The summed E-state index contributed by atoms with van der Waals surface area (Å²) in [4.78, 5) is 13.2. The summed E-state index contributed by atoms with van der Waals surface area (Å²) in [7, 11) is -3.58. The van der Waals surface area contributed by atoms with E-state index in [1.165, 1.54) is 22.5 Å². The largest absolute Gasteiger partial charge is 0.406 e. The Balaban J connectivity index is 2.08. The van der Waals surface area contributed by atoms with Crippen LogP contribution in [0, 0.1) is 0 Å². The molecule has 1 aliphatic rings. The third kappa shape index (κ3) is 5.29. The van der Waals surface area contributed by atoms with Crippen LogP contribution in [0.15, 0.2) is 29.0 Å². The molecule has 1 aliphatic heterocycles. The molecule has 0 bridgehead atoms. The molecule has 0 aromatic carbocycles. The van der Waals surface area contributed by atoms with Gasteiger partial charge in [0.15, 0.2) is 0 Å². The van der Waals surface area contributed by atoms with Gasteiger partial charge in [-0.2, -0.15) is 17.5 Å². The summed E-state index contributed by atoms with van der Waals surface area (Å²) >= 11 is 0.924. The third-order valence-corrected chi connectivity index (χ3v) is 7.15. The molecule has 0 atom stereocenters. The predicted octanol–water partition coefficient (Wildman–Crippen LogP) is 2.65. The number of halogens is 3. The average molecular weight is 396 g/mol. The summed E-state index contributed by atoms with van der Waals surface area (Å²) in [6.07, 6.45) is -1.93. The first-order valence-corrected chi connectivity index (χ1v) is 9.93. The summed E-state index contributed by atoms with van der Waals surface area (Å²) in [5.41, 5.74) is 0. The van der Waals surface area contributed by atoms with Crippen LogP contribution in [0.5, 0.6) is 0 Å². The molecule has 140 valence electrons. The van der Waals surface area contributed by atoms with Crippen molar-refractivity contribution in [2.75, 3.05) is 26.2 Å². The quantitative estimate of drug-likeness (QED) is 0.666. The zero-order chi connectivity index (χ0) is 18.7.